The van der Waals surface area contributed by atoms with Crippen molar-refractivity contribution in [3.05, 3.63) is 17.7 Å². The van der Waals surface area contributed by atoms with Crippen molar-refractivity contribution in [3.63, 3.8) is 0 Å². The Morgan fingerprint density at radius 3 is 2.72 bits per heavy atom. The molecule has 4 nitrogen and oxygen atoms in total. The molecule has 18 heavy (non-hydrogen) atoms. The molecule has 1 aliphatic carbocycles. The summed E-state index contributed by atoms with van der Waals surface area (Å²) in [6.45, 7) is 1.88. The fraction of sp³-hybridized carbons (Fsp3) is 0.538. The Balaban J connectivity index is 1.62. The van der Waals surface area contributed by atoms with Crippen molar-refractivity contribution in [1.82, 2.24) is 5.32 Å². The molecule has 2 N–H and O–H groups in total. The average Bonchev–Trinajstić information content (AvgIpc) is 3.01. The molecule has 2 aliphatic rings. The van der Waals surface area contributed by atoms with Crippen molar-refractivity contribution in [2.45, 2.75) is 24.1 Å². The van der Waals surface area contributed by atoms with Gasteiger partial charge >= 0.3 is 0 Å². The van der Waals surface area contributed by atoms with Crippen molar-refractivity contribution < 1.29 is 14.6 Å². The van der Waals surface area contributed by atoms with Gasteiger partial charge in [0.1, 0.15) is 5.75 Å². The highest BCUT2D eigenvalue weighted by Crippen LogP contribution is 2.46. The second-order valence-electron chi connectivity index (χ2n) is 4.82. The molecule has 0 bridgehead atoms. The normalized spacial score (nSPS) is 18.9. The first-order valence-corrected chi connectivity index (χ1v) is 7.32. The fourth-order valence-corrected chi connectivity index (χ4v) is 2.89. The molecule has 0 amide bonds. The summed E-state index contributed by atoms with van der Waals surface area (Å²) in [6.07, 6.45) is 4.73. The van der Waals surface area contributed by atoms with Gasteiger partial charge in [0.15, 0.2) is 11.5 Å². The van der Waals surface area contributed by atoms with Gasteiger partial charge in [-0.2, -0.15) is 11.8 Å². The van der Waals surface area contributed by atoms with Crippen LogP contribution >= 0.6 is 11.8 Å². The Labute approximate surface area is 111 Å². The number of nitrogens with one attached hydrogen (secondary N) is 1. The SMILES string of the molecule is CSC1(CNCc2cc3c(cc2O)OCO3)CC1. The van der Waals surface area contributed by atoms with E-state index in [1.807, 2.05) is 17.8 Å². The average molecular weight is 267 g/mol. The second-order valence-corrected chi connectivity index (χ2v) is 6.10. The molecule has 98 valence electrons. The topological polar surface area (TPSA) is 50.7 Å². The van der Waals surface area contributed by atoms with Crippen molar-refractivity contribution in [3.8, 4) is 17.2 Å². The monoisotopic (exact) mass is 267 g/mol. The van der Waals surface area contributed by atoms with Crippen LogP contribution in [-0.4, -0.2) is 29.4 Å². The molecule has 0 aromatic heterocycles. The maximum Gasteiger partial charge on any atom is 0.231 e. The summed E-state index contributed by atoms with van der Waals surface area (Å²) < 4.78 is 11.0. The van der Waals surface area contributed by atoms with Gasteiger partial charge in [-0.25, -0.2) is 0 Å². The lowest BCUT2D eigenvalue weighted by Crippen LogP contribution is -2.25. The third-order valence-corrected chi connectivity index (χ3v) is 5.00. The van der Waals surface area contributed by atoms with Gasteiger partial charge in [-0.1, -0.05) is 0 Å². The van der Waals surface area contributed by atoms with Crippen LogP contribution in [0.15, 0.2) is 12.1 Å². The van der Waals surface area contributed by atoms with Crippen LogP contribution in [0.1, 0.15) is 18.4 Å². The van der Waals surface area contributed by atoms with Gasteiger partial charge in [-0.05, 0) is 25.2 Å². The third-order valence-electron chi connectivity index (χ3n) is 3.58. The first-order valence-electron chi connectivity index (χ1n) is 6.10. The molecule has 1 aromatic carbocycles. The third kappa shape index (κ3) is 2.24. The quantitative estimate of drug-likeness (QED) is 0.855. The van der Waals surface area contributed by atoms with Crippen LogP contribution in [0.5, 0.6) is 17.2 Å². The van der Waals surface area contributed by atoms with Gasteiger partial charge in [-0.3, -0.25) is 0 Å². The predicted molar refractivity (Wildman–Crippen MR) is 71.4 cm³/mol. The number of rotatable bonds is 5. The lowest BCUT2D eigenvalue weighted by atomic mass is 10.1. The highest BCUT2D eigenvalue weighted by Gasteiger charge is 2.41. The van der Waals surface area contributed by atoms with Crippen LogP contribution in [0.3, 0.4) is 0 Å². The van der Waals surface area contributed by atoms with Gasteiger partial charge in [0.05, 0.1) is 0 Å². The van der Waals surface area contributed by atoms with Crippen molar-refractivity contribution in [2.24, 2.45) is 0 Å². The highest BCUT2D eigenvalue weighted by atomic mass is 32.2. The molecule has 0 unspecified atom stereocenters. The summed E-state index contributed by atoms with van der Waals surface area (Å²) in [7, 11) is 0. The van der Waals surface area contributed by atoms with E-state index in [1.165, 1.54) is 12.8 Å². The largest absolute Gasteiger partial charge is 0.507 e. The maximum absolute atomic E-state index is 9.90. The van der Waals surface area contributed by atoms with Crippen LogP contribution in [0, 0.1) is 0 Å². The molecule has 0 radical (unpaired) electrons. The fourth-order valence-electron chi connectivity index (χ4n) is 2.13. The summed E-state index contributed by atoms with van der Waals surface area (Å²) >= 11 is 1.93. The number of thioether (sulfide) groups is 1. The van der Waals surface area contributed by atoms with E-state index in [4.69, 9.17) is 9.47 Å². The standard InChI is InChI=1S/C13H17NO3S/c1-18-13(2-3-13)7-14-6-9-4-11-12(5-10(9)15)17-8-16-11/h4-5,14-15H,2-3,6-8H2,1H3. The summed E-state index contributed by atoms with van der Waals surface area (Å²) in [4.78, 5) is 0. The van der Waals surface area contributed by atoms with Gasteiger partial charge in [-0.15, -0.1) is 0 Å². The summed E-state index contributed by atoms with van der Waals surface area (Å²) in [5, 5.41) is 13.3. The van der Waals surface area contributed by atoms with Crippen LogP contribution in [0.2, 0.25) is 0 Å². The number of hydrogen-bond acceptors (Lipinski definition) is 5. The van der Waals surface area contributed by atoms with E-state index in [2.05, 4.69) is 11.6 Å². The van der Waals surface area contributed by atoms with Gasteiger partial charge in [0.25, 0.3) is 0 Å². The van der Waals surface area contributed by atoms with E-state index in [1.54, 1.807) is 6.07 Å². The van der Waals surface area contributed by atoms with Crippen LogP contribution in [0.4, 0.5) is 0 Å². The Morgan fingerprint density at radius 2 is 2.06 bits per heavy atom. The minimum atomic E-state index is 0.237. The maximum atomic E-state index is 9.90. The number of phenols is 1. The molecular formula is C13H17NO3S. The molecule has 1 saturated carbocycles. The Bertz CT molecular complexity index is 460. The zero-order chi connectivity index (χ0) is 12.6. The van der Waals surface area contributed by atoms with Crippen molar-refractivity contribution >= 4 is 11.8 Å². The van der Waals surface area contributed by atoms with Gasteiger partial charge in [0.2, 0.25) is 6.79 Å². The zero-order valence-electron chi connectivity index (χ0n) is 10.4. The van der Waals surface area contributed by atoms with Crippen LogP contribution in [-0.2, 0) is 6.54 Å². The minimum Gasteiger partial charge on any atom is -0.507 e. The van der Waals surface area contributed by atoms with E-state index >= 15 is 0 Å². The second kappa shape index (κ2) is 4.55. The molecule has 1 heterocycles. The Morgan fingerprint density at radius 1 is 1.33 bits per heavy atom. The van der Waals surface area contributed by atoms with E-state index in [9.17, 15) is 5.11 Å². The number of fused-ring (bicyclic) bond motifs is 1. The number of hydrogen-bond donors (Lipinski definition) is 2. The summed E-state index contributed by atoms with van der Waals surface area (Å²) in [5.74, 6) is 1.61. The lowest BCUT2D eigenvalue weighted by Gasteiger charge is -2.13. The molecule has 5 heteroatoms. The molecule has 0 atom stereocenters. The van der Waals surface area contributed by atoms with Crippen LogP contribution in [0.25, 0.3) is 0 Å². The van der Waals surface area contributed by atoms with E-state index < -0.39 is 0 Å². The minimum absolute atomic E-state index is 0.237. The predicted octanol–water partition coefficient (Wildman–Crippen LogP) is 2.11. The van der Waals surface area contributed by atoms with E-state index in [-0.39, 0.29) is 12.5 Å². The number of phenolic OH excluding ortho intramolecular Hbond substituents is 1. The first kappa shape index (κ1) is 12.0. The Kier molecular flexibility index (Phi) is 3.03. The van der Waals surface area contributed by atoms with Gasteiger partial charge in [0, 0.05) is 29.5 Å². The van der Waals surface area contributed by atoms with E-state index in [0.29, 0.717) is 17.0 Å². The molecule has 1 aliphatic heterocycles. The number of benzene rings is 1. The smallest absolute Gasteiger partial charge is 0.231 e. The number of ether oxygens (including phenoxy) is 2. The number of aromatic hydroxyl groups is 1. The van der Waals surface area contributed by atoms with Gasteiger partial charge < -0.3 is 19.9 Å². The summed E-state index contributed by atoms with van der Waals surface area (Å²) in [5.41, 5.74) is 0.858. The van der Waals surface area contributed by atoms with Crippen LogP contribution < -0.4 is 14.8 Å². The zero-order valence-corrected chi connectivity index (χ0v) is 11.2. The van der Waals surface area contributed by atoms with Crippen molar-refractivity contribution in [2.75, 3.05) is 19.6 Å². The molecule has 3 rings (SSSR count). The molecule has 0 spiro atoms. The summed E-state index contributed by atoms with van der Waals surface area (Å²) in [6, 6.07) is 3.48. The van der Waals surface area contributed by atoms with Crippen molar-refractivity contribution in [1.29, 1.82) is 0 Å². The lowest BCUT2D eigenvalue weighted by molar-refractivity contribution is 0.174. The molecule has 1 fully saturated rings. The first-order chi connectivity index (χ1) is 8.72. The van der Waals surface area contributed by atoms with E-state index in [0.717, 1.165) is 17.9 Å². The molecule has 1 aromatic rings. The molecular weight excluding hydrogens is 250 g/mol. The molecule has 0 saturated heterocycles. The highest BCUT2D eigenvalue weighted by molar-refractivity contribution is 8.00. The Hall–Kier alpha value is -1.07.